The maximum atomic E-state index is 12.2. The summed E-state index contributed by atoms with van der Waals surface area (Å²) in [6.45, 7) is 5.17. The lowest BCUT2D eigenvalue weighted by molar-refractivity contribution is -0.870. The van der Waals surface area contributed by atoms with E-state index in [1.807, 2.05) is 30.3 Å². The van der Waals surface area contributed by atoms with Gasteiger partial charge in [-0.2, -0.15) is 0 Å². The number of rotatable bonds is 28. The monoisotopic (exact) mass is 562 g/mol. The van der Waals surface area contributed by atoms with E-state index in [2.05, 4.69) is 28.1 Å². The third-order valence-corrected chi connectivity index (χ3v) is 7.41. The molecule has 0 bridgehead atoms. The van der Waals surface area contributed by atoms with Gasteiger partial charge in [-0.3, -0.25) is 4.79 Å². The van der Waals surface area contributed by atoms with E-state index in [9.17, 15) is 4.79 Å². The van der Waals surface area contributed by atoms with Gasteiger partial charge < -0.3 is 18.7 Å². The molecule has 0 heterocycles. The molecule has 0 amide bonds. The molecule has 5 nitrogen and oxygen atoms in total. The van der Waals surface area contributed by atoms with Crippen LogP contribution in [-0.2, 0) is 25.6 Å². The lowest BCUT2D eigenvalue weighted by Gasteiger charge is -2.23. The molecule has 0 saturated heterocycles. The molecule has 5 heteroatoms. The molecule has 40 heavy (non-hydrogen) atoms. The van der Waals surface area contributed by atoms with Gasteiger partial charge >= 0.3 is 5.97 Å². The van der Waals surface area contributed by atoms with Crippen LogP contribution in [0.4, 0.5) is 0 Å². The number of hydrogen-bond acceptors (Lipinski definition) is 4. The highest BCUT2D eigenvalue weighted by Crippen LogP contribution is 2.14. The number of quaternary nitrogens is 1. The topological polar surface area (TPSA) is 44.8 Å². The van der Waals surface area contributed by atoms with Gasteiger partial charge in [-0.25, -0.2) is 0 Å². The zero-order valence-electron chi connectivity index (χ0n) is 26.8. The highest BCUT2D eigenvalue weighted by Gasteiger charge is 2.15. The summed E-state index contributed by atoms with van der Waals surface area (Å²) in [5, 5.41) is 0. The maximum absolute atomic E-state index is 12.2. The van der Waals surface area contributed by atoms with Gasteiger partial charge in [-0.15, -0.1) is 0 Å². The minimum Gasteiger partial charge on any atom is -0.463 e. The van der Waals surface area contributed by atoms with Crippen LogP contribution >= 0.6 is 0 Å². The molecule has 0 aromatic heterocycles. The van der Waals surface area contributed by atoms with E-state index in [-0.39, 0.29) is 18.7 Å². The molecule has 0 aliphatic heterocycles. The maximum Gasteiger partial charge on any atom is 0.306 e. The van der Waals surface area contributed by atoms with Crippen LogP contribution in [0, 0.1) is 0 Å². The highest BCUT2D eigenvalue weighted by molar-refractivity contribution is 5.69. The second-order valence-electron chi connectivity index (χ2n) is 12.6. The summed E-state index contributed by atoms with van der Waals surface area (Å²) >= 11 is 0. The van der Waals surface area contributed by atoms with E-state index in [0.29, 0.717) is 19.6 Å². The van der Waals surface area contributed by atoms with Crippen molar-refractivity contribution in [2.45, 2.75) is 135 Å². The number of unbranched alkanes of at least 4 members (excludes halogenated alkanes) is 15. The second-order valence-corrected chi connectivity index (χ2v) is 12.6. The lowest BCUT2D eigenvalue weighted by atomic mass is 10.0. The first-order valence-electron chi connectivity index (χ1n) is 16.6. The molecule has 0 N–H and O–H groups in total. The smallest absolute Gasteiger partial charge is 0.306 e. The Morgan fingerprint density at radius 2 is 1.23 bits per heavy atom. The zero-order chi connectivity index (χ0) is 29.2. The SMILES string of the molecule is CCCCCCCCCCCCCCCCCCOC[C@H](COC(=O)CCC[N+](C)(C)C)OCc1ccccc1. The van der Waals surface area contributed by atoms with Crippen LogP contribution in [0.15, 0.2) is 30.3 Å². The van der Waals surface area contributed by atoms with Crippen molar-refractivity contribution in [2.24, 2.45) is 0 Å². The summed E-state index contributed by atoms with van der Waals surface area (Å²) in [5.74, 6) is -0.153. The molecule has 1 rings (SSSR count). The third kappa shape index (κ3) is 24.4. The first-order valence-corrected chi connectivity index (χ1v) is 16.6. The Morgan fingerprint density at radius 3 is 1.75 bits per heavy atom. The van der Waals surface area contributed by atoms with Gasteiger partial charge in [0.2, 0.25) is 0 Å². The Labute approximate surface area is 247 Å². The first kappa shape index (κ1) is 36.6. The molecule has 232 valence electrons. The molecule has 1 aromatic rings. The number of carbonyl (C=O) groups is 1. The number of hydrogen-bond donors (Lipinski definition) is 0. The fraction of sp³-hybridized carbons (Fsp3) is 0.800. The van der Waals surface area contributed by atoms with Gasteiger partial charge in [-0.05, 0) is 12.0 Å². The molecule has 0 aliphatic carbocycles. The molecule has 0 spiro atoms. The van der Waals surface area contributed by atoms with Crippen LogP contribution in [0.1, 0.15) is 128 Å². The van der Waals surface area contributed by atoms with Gasteiger partial charge in [0.1, 0.15) is 12.7 Å². The van der Waals surface area contributed by atoms with Gasteiger partial charge in [-0.1, -0.05) is 134 Å². The summed E-state index contributed by atoms with van der Waals surface area (Å²) in [6, 6.07) is 10.1. The largest absolute Gasteiger partial charge is 0.463 e. The molecule has 0 saturated carbocycles. The summed E-state index contributed by atoms with van der Waals surface area (Å²) in [7, 11) is 6.40. The molecular weight excluding hydrogens is 498 g/mol. The molecule has 1 aromatic carbocycles. The van der Waals surface area contributed by atoms with Gasteiger partial charge in [0.15, 0.2) is 0 Å². The van der Waals surface area contributed by atoms with E-state index in [4.69, 9.17) is 14.2 Å². The van der Waals surface area contributed by atoms with Crippen molar-refractivity contribution in [1.29, 1.82) is 0 Å². The predicted molar refractivity (Wildman–Crippen MR) is 168 cm³/mol. The summed E-state index contributed by atoms with van der Waals surface area (Å²) in [6.07, 6.45) is 22.9. The average Bonchev–Trinajstić information content (AvgIpc) is 2.93. The standard InChI is InChI=1S/C35H64NO4/c1-5-6-7-8-9-10-11-12-13-14-15-16-17-18-19-23-29-38-31-34(39-30-33-25-21-20-22-26-33)32-40-35(37)27-24-28-36(2,3)4/h20-22,25-26,34H,5-19,23-24,27-32H2,1-4H3/q+1/t34-/m1/s1. The minimum absolute atomic E-state index is 0.153. The van der Waals surface area contributed by atoms with Crippen molar-refractivity contribution < 1.29 is 23.5 Å². The second kappa shape index (κ2) is 25.3. The Morgan fingerprint density at radius 1 is 0.700 bits per heavy atom. The van der Waals surface area contributed by atoms with E-state index in [0.717, 1.165) is 36.0 Å². The zero-order valence-corrected chi connectivity index (χ0v) is 26.8. The van der Waals surface area contributed by atoms with Crippen molar-refractivity contribution >= 4 is 5.97 Å². The summed E-state index contributed by atoms with van der Waals surface area (Å²) in [4.78, 5) is 12.2. The van der Waals surface area contributed by atoms with Crippen molar-refractivity contribution in [2.75, 3.05) is 47.5 Å². The molecule has 0 fully saturated rings. The molecule has 0 aliphatic rings. The Hall–Kier alpha value is -1.43. The number of esters is 1. The Bertz CT molecular complexity index is 688. The fourth-order valence-corrected chi connectivity index (χ4v) is 4.86. The number of benzene rings is 1. The molecular formula is C35H64NO4+. The third-order valence-electron chi connectivity index (χ3n) is 7.41. The van der Waals surface area contributed by atoms with Crippen LogP contribution in [0.5, 0.6) is 0 Å². The van der Waals surface area contributed by atoms with Crippen molar-refractivity contribution in [3.05, 3.63) is 35.9 Å². The highest BCUT2D eigenvalue weighted by atomic mass is 16.6. The fourth-order valence-electron chi connectivity index (χ4n) is 4.86. The quantitative estimate of drug-likeness (QED) is 0.0581. The van der Waals surface area contributed by atoms with E-state index in [1.165, 1.54) is 96.3 Å². The van der Waals surface area contributed by atoms with Gasteiger partial charge in [0.05, 0.1) is 47.3 Å². The number of nitrogens with zero attached hydrogens (tertiary/aromatic N) is 1. The van der Waals surface area contributed by atoms with Crippen molar-refractivity contribution in [3.8, 4) is 0 Å². The molecule has 1 atom stereocenters. The van der Waals surface area contributed by atoms with Crippen molar-refractivity contribution in [3.63, 3.8) is 0 Å². The number of ether oxygens (including phenoxy) is 3. The Kier molecular flexibility index (Phi) is 23.1. The van der Waals surface area contributed by atoms with E-state index < -0.39 is 0 Å². The minimum atomic E-state index is -0.247. The normalized spacial score (nSPS) is 12.5. The summed E-state index contributed by atoms with van der Waals surface area (Å²) in [5.41, 5.74) is 1.11. The van der Waals surface area contributed by atoms with E-state index >= 15 is 0 Å². The average molecular weight is 563 g/mol. The van der Waals surface area contributed by atoms with Crippen LogP contribution < -0.4 is 0 Å². The number of carbonyl (C=O) groups excluding carboxylic acids is 1. The van der Waals surface area contributed by atoms with Gasteiger partial charge in [0, 0.05) is 13.0 Å². The van der Waals surface area contributed by atoms with Crippen LogP contribution in [0.2, 0.25) is 0 Å². The van der Waals surface area contributed by atoms with Crippen LogP contribution in [-0.4, -0.2) is 64.1 Å². The first-order chi connectivity index (χ1) is 19.4. The lowest BCUT2D eigenvalue weighted by Crippen LogP contribution is -2.35. The molecule has 0 unspecified atom stereocenters. The van der Waals surface area contributed by atoms with Crippen LogP contribution in [0.25, 0.3) is 0 Å². The van der Waals surface area contributed by atoms with Crippen LogP contribution in [0.3, 0.4) is 0 Å². The Balaban J connectivity index is 2.07. The van der Waals surface area contributed by atoms with Crippen molar-refractivity contribution in [1.82, 2.24) is 0 Å². The predicted octanol–water partition coefficient (Wildman–Crippen LogP) is 8.88. The van der Waals surface area contributed by atoms with Gasteiger partial charge in [0.25, 0.3) is 0 Å². The van der Waals surface area contributed by atoms with E-state index in [1.54, 1.807) is 0 Å². The summed E-state index contributed by atoms with van der Waals surface area (Å²) < 4.78 is 18.4. The molecule has 0 radical (unpaired) electrons.